The average Bonchev–Trinajstić information content (AvgIpc) is 3.26. The number of aromatic nitrogens is 2. The average molecular weight is 346 g/mol. The molecule has 128 valence electrons. The second-order valence-corrected chi connectivity index (χ2v) is 7.83. The third-order valence-electron chi connectivity index (χ3n) is 4.71. The topological polar surface area (TPSA) is 50.6 Å². The predicted octanol–water partition coefficient (Wildman–Crippen LogP) is 1.78. The Labute approximate surface area is 145 Å². The largest absolute Gasteiger partial charge is 0.378 e. The van der Waals surface area contributed by atoms with Gasteiger partial charge in [-0.2, -0.15) is 5.10 Å². The van der Waals surface area contributed by atoms with E-state index in [1.807, 2.05) is 28.0 Å². The number of fused-ring (bicyclic) bond motifs is 1. The molecule has 24 heavy (non-hydrogen) atoms. The highest BCUT2D eigenvalue weighted by Gasteiger charge is 2.32. The minimum atomic E-state index is 0.0453. The standard InChI is InChI=1S/C17H22N4O2S/c1-12-3-4-13(24-12)9-20-10-14-15(11-20)19(2)18-16(14)17(22)21-5-7-23-8-6-21/h3-4H,5-11H2,1-2H3. The van der Waals surface area contributed by atoms with Crippen LogP contribution in [0.5, 0.6) is 0 Å². The van der Waals surface area contributed by atoms with Crippen LogP contribution in [-0.4, -0.2) is 51.8 Å². The van der Waals surface area contributed by atoms with Gasteiger partial charge < -0.3 is 9.64 Å². The number of carbonyl (C=O) groups excluding carboxylic acids is 1. The molecule has 0 aromatic carbocycles. The zero-order valence-corrected chi connectivity index (χ0v) is 14.9. The van der Waals surface area contributed by atoms with Crippen molar-refractivity contribution in [2.45, 2.75) is 26.6 Å². The van der Waals surface area contributed by atoms with Gasteiger partial charge in [-0.1, -0.05) is 0 Å². The first kappa shape index (κ1) is 15.8. The van der Waals surface area contributed by atoms with E-state index in [0.29, 0.717) is 32.0 Å². The minimum Gasteiger partial charge on any atom is -0.378 e. The van der Waals surface area contributed by atoms with Crippen molar-refractivity contribution >= 4 is 17.2 Å². The van der Waals surface area contributed by atoms with E-state index in [-0.39, 0.29) is 5.91 Å². The summed E-state index contributed by atoms with van der Waals surface area (Å²) in [6, 6.07) is 4.36. The van der Waals surface area contributed by atoms with Gasteiger partial charge in [0.2, 0.25) is 0 Å². The summed E-state index contributed by atoms with van der Waals surface area (Å²) in [7, 11) is 1.94. The third kappa shape index (κ3) is 2.87. The van der Waals surface area contributed by atoms with E-state index in [4.69, 9.17) is 4.74 Å². The lowest BCUT2D eigenvalue weighted by atomic mass is 10.2. The molecule has 4 rings (SSSR count). The predicted molar refractivity (Wildman–Crippen MR) is 91.9 cm³/mol. The van der Waals surface area contributed by atoms with Gasteiger partial charge in [0, 0.05) is 55.1 Å². The van der Waals surface area contributed by atoms with Gasteiger partial charge in [-0.3, -0.25) is 14.4 Å². The molecule has 7 heteroatoms. The van der Waals surface area contributed by atoms with E-state index in [1.54, 1.807) is 0 Å². The maximum Gasteiger partial charge on any atom is 0.274 e. The zero-order valence-electron chi connectivity index (χ0n) is 14.1. The SMILES string of the molecule is Cc1ccc(CN2Cc3c(C(=O)N4CCOCC4)nn(C)c3C2)s1. The van der Waals surface area contributed by atoms with Crippen LogP contribution in [0.3, 0.4) is 0 Å². The van der Waals surface area contributed by atoms with Gasteiger partial charge in [-0.05, 0) is 19.1 Å². The van der Waals surface area contributed by atoms with Crippen molar-refractivity contribution in [3.8, 4) is 0 Å². The fraction of sp³-hybridized carbons (Fsp3) is 0.529. The Morgan fingerprint density at radius 1 is 1.29 bits per heavy atom. The molecule has 0 saturated carbocycles. The summed E-state index contributed by atoms with van der Waals surface area (Å²) in [6.07, 6.45) is 0. The maximum atomic E-state index is 12.8. The highest BCUT2D eigenvalue weighted by molar-refractivity contribution is 7.11. The Bertz CT molecular complexity index is 761. The van der Waals surface area contributed by atoms with Crippen LogP contribution in [0.15, 0.2) is 12.1 Å². The highest BCUT2D eigenvalue weighted by Crippen LogP contribution is 2.29. The van der Waals surface area contributed by atoms with Gasteiger partial charge in [0.25, 0.3) is 5.91 Å². The normalized spacial score (nSPS) is 18.2. The lowest BCUT2D eigenvalue weighted by Gasteiger charge is -2.26. The maximum absolute atomic E-state index is 12.8. The van der Waals surface area contributed by atoms with Crippen LogP contribution < -0.4 is 0 Å². The number of nitrogens with zero attached hydrogens (tertiary/aromatic N) is 4. The summed E-state index contributed by atoms with van der Waals surface area (Å²) in [5.41, 5.74) is 2.89. The molecule has 2 aliphatic rings. The van der Waals surface area contributed by atoms with E-state index in [1.165, 1.54) is 15.4 Å². The molecule has 2 aromatic rings. The van der Waals surface area contributed by atoms with Crippen molar-refractivity contribution in [3.05, 3.63) is 38.8 Å². The molecule has 0 N–H and O–H groups in total. The number of hydrogen-bond acceptors (Lipinski definition) is 5. The van der Waals surface area contributed by atoms with E-state index in [0.717, 1.165) is 25.2 Å². The number of carbonyl (C=O) groups is 1. The van der Waals surface area contributed by atoms with E-state index in [9.17, 15) is 4.79 Å². The smallest absolute Gasteiger partial charge is 0.274 e. The number of hydrogen-bond donors (Lipinski definition) is 0. The van der Waals surface area contributed by atoms with Crippen LogP contribution in [0.2, 0.25) is 0 Å². The summed E-state index contributed by atoms with van der Waals surface area (Å²) >= 11 is 1.84. The van der Waals surface area contributed by atoms with Crippen molar-refractivity contribution in [1.29, 1.82) is 0 Å². The highest BCUT2D eigenvalue weighted by atomic mass is 32.1. The van der Waals surface area contributed by atoms with Crippen LogP contribution in [0, 0.1) is 6.92 Å². The quantitative estimate of drug-likeness (QED) is 0.850. The molecule has 0 bridgehead atoms. The summed E-state index contributed by atoms with van der Waals surface area (Å²) in [5.74, 6) is 0.0453. The molecule has 0 spiro atoms. The Hall–Kier alpha value is -1.70. The molecular weight excluding hydrogens is 324 g/mol. The van der Waals surface area contributed by atoms with Gasteiger partial charge in [-0.15, -0.1) is 11.3 Å². The minimum absolute atomic E-state index is 0.0453. The second-order valence-electron chi connectivity index (χ2n) is 6.46. The molecule has 1 amide bonds. The molecule has 0 atom stereocenters. The Balaban J connectivity index is 1.52. The van der Waals surface area contributed by atoms with Crippen molar-refractivity contribution in [2.75, 3.05) is 26.3 Å². The van der Waals surface area contributed by atoms with Gasteiger partial charge in [0.1, 0.15) is 0 Å². The Kier molecular flexibility index (Phi) is 4.15. The molecule has 1 fully saturated rings. The zero-order chi connectivity index (χ0) is 16.7. The molecule has 1 saturated heterocycles. The van der Waals surface area contributed by atoms with Crippen LogP contribution in [0.25, 0.3) is 0 Å². The van der Waals surface area contributed by atoms with Crippen molar-refractivity contribution in [1.82, 2.24) is 19.6 Å². The van der Waals surface area contributed by atoms with Gasteiger partial charge >= 0.3 is 0 Å². The summed E-state index contributed by atoms with van der Waals surface area (Å²) in [6.45, 7) is 7.26. The number of aryl methyl sites for hydroxylation is 2. The lowest BCUT2D eigenvalue weighted by molar-refractivity contribution is 0.0297. The van der Waals surface area contributed by atoms with Crippen LogP contribution >= 0.6 is 11.3 Å². The summed E-state index contributed by atoms with van der Waals surface area (Å²) in [4.78, 5) is 19.8. The Morgan fingerprint density at radius 2 is 2.08 bits per heavy atom. The van der Waals surface area contributed by atoms with Crippen LogP contribution in [-0.2, 0) is 31.4 Å². The van der Waals surface area contributed by atoms with Gasteiger partial charge in [-0.25, -0.2) is 0 Å². The fourth-order valence-corrected chi connectivity index (χ4v) is 4.38. The molecule has 0 aliphatic carbocycles. The van der Waals surface area contributed by atoms with E-state index < -0.39 is 0 Å². The van der Waals surface area contributed by atoms with Crippen LogP contribution in [0.4, 0.5) is 0 Å². The fourth-order valence-electron chi connectivity index (χ4n) is 3.45. The third-order valence-corrected chi connectivity index (χ3v) is 5.69. The molecule has 2 aromatic heterocycles. The summed E-state index contributed by atoms with van der Waals surface area (Å²) < 4.78 is 7.22. The van der Waals surface area contributed by atoms with Crippen molar-refractivity contribution in [3.63, 3.8) is 0 Å². The van der Waals surface area contributed by atoms with E-state index >= 15 is 0 Å². The Morgan fingerprint density at radius 3 is 2.79 bits per heavy atom. The second kappa shape index (κ2) is 6.31. The van der Waals surface area contributed by atoms with Crippen molar-refractivity contribution in [2.24, 2.45) is 7.05 Å². The molecular formula is C17H22N4O2S. The lowest BCUT2D eigenvalue weighted by Crippen LogP contribution is -2.41. The van der Waals surface area contributed by atoms with Crippen molar-refractivity contribution < 1.29 is 9.53 Å². The monoisotopic (exact) mass is 346 g/mol. The molecule has 0 unspecified atom stereocenters. The number of thiophene rings is 1. The first-order valence-electron chi connectivity index (χ1n) is 8.31. The van der Waals surface area contributed by atoms with Crippen LogP contribution in [0.1, 0.15) is 31.5 Å². The number of rotatable bonds is 3. The molecule has 0 radical (unpaired) electrons. The molecule has 4 heterocycles. The molecule has 2 aliphatic heterocycles. The van der Waals surface area contributed by atoms with Gasteiger partial charge in [0.15, 0.2) is 5.69 Å². The summed E-state index contributed by atoms with van der Waals surface area (Å²) in [5, 5.41) is 4.51. The van der Waals surface area contributed by atoms with Gasteiger partial charge in [0.05, 0.1) is 18.9 Å². The number of amides is 1. The molecule has 6 nitrogen and oxygen atoms in total. The first-order valence-corrected chi connectivity index (χ1v) is 9.13. The number of ether oxygens (including phenoxy) is 1. The number of morpholine rings is 1. The first-order chi connectivity index (χ1) is 11.6. The van der Waals surface area contributed by atoms with E-state index in [2.05, 4.69) is 29.1 Å².